The first-order valence-corrected chi connectivity index (χ1v) is 38.8. The molecule has 8 fully saturated rings. The van der Waals surface area contributed by atoms with Crippen molar-refractivity contribution in [1.82, 2.24) is 34.5 Å². The molecule has 2 aromatic rings. The van der Waals surface area contributed by atoms with Crippen molar-refractivity contribution in [3.63, 3.8) is 0 Å². The fraction of sp³-hybridized carbons (Fsp3) is 0.671. The summed E-state index contributed by atoms with van der Waals surface area (Å²) in [6, 6.07) is 14.0. The van der Waals surface area contributed by atoms with Crippen molar-refractivity contribution >= 4 is 92.7 Å². The van der Waals surface area contributed by atoms with Crippen LogP contribution in [-0.4, -0.2) is 200 Å². The summed E-state index contributed by atoms with van der Waals surface area (Å²) < 4.78 is 53.9. The fourth-order valence-electron chi connectivity index (χ4n) is 14.6. The molecule has 4 N–H and O–H groups in total. The van der Waals surface area contributed by atoms with Crippen molar-refractivity contribution in [3.05, 3.63) is 73.3 Å². The molecule has 2 aromatic carbocycles. The standard InChI is InChI=1S/C34H46N4O8S.C25H35N3O6.C18H30N2O5.2CH4/c1-5-22-18-34(22,31(42)36-47(44,45)25-15-16-25)19-28(39)27-20-37(32(43)35-23-11-7-6-8-12-23)21-38(27)30(41)26(33(2,3)4)17-29(40)46-24-13-9-10-14-24;1-25(2,3)19(14-21(29)34-18-12-8-9-13-18)22(30)28-16-27(15-20(28)23(31)33-4)24(32)26-17-10-6-5-7-11-17;1-18(2,3)13(9-15(21)25-12-7-5-6-8-12)16(22)20-11-19-10-14(20)17(23)24-4;;/h5-8,11-12,22,24-27H,1,9-10,13-21H2,2-4H3,(H,35,43)(H,36,42);5-7,10-11,18-20H,8-9,12-16H2,1-4H3,(H,26,32);12-14,19H,5-11H2,1-4H3;2*1H4/t22-,26-,27+,34-;19-,20+;13-,14+;;/m111../s1. The first kappa shape index (κ1) is 88.4. The number of nitrogens with zero attached hydrogens (tertiary/aromatic N) is 5. The van der Waals surface area contributed by atoms with Gasteiger partial charge in [0.05, 0.1) is 95.0 Å². The molecule has 3 heterocycles. The van der Waals surface area contributed by atoms with Crippen molar-refractivity contribution in [2.24, 2.45) is 45.3 Å². The quantitative estimate of drug-likeness (QED) is 0.0456. The van der Waals surface area contributed by atoms with E-state index in [0.29, 0.717) is 30.8 Å². The van der Waals surface area contributed by atoms with E-state index in [2.05, 4.69) is 27.3 Å². The molecule has 8 aliphatic rings. The van der Waals surface area contributed by atoms with Gasteiger partial charge in [-0.05, 0) is 143 Å². The number of nitrogens with one attached hydrogen (secondary N) is 4. The number of hydrogen-bond donors (Lipinski definition) is 4. The van der Waals surface area contributed by atoms with Crippen LogP contribution in [0.1, 0.15) is 199 Å². The zero-order valence-corrected chi connectivity index (χ0v) is 64.3. The number of esters is 5. The summed E-state index contributed by atoms with van der Waals surface area (Å²) in [6.45, 7) is 20.9. The first-order chi connectivity index (χ1) is 50.0. The van der Waals surface area contributed by atoms with E-state index in [1.54, 1.807) is 60.7 Å². The monoisotopic (exact) mass is 1530 g/mol. The van der Waals surface area contributed by atoms with Crippen molar-refractivity contribution < 1.29 is 89.6 Å². The highest BCUT2D eigenvalue weighted by atomic mass is 32.2. The molecule has 3 aliphatic heterocycles. The summed E-state index contributed by atoms with van der Waals surface area (Å²) in [5.41, 5.74) is -1.85. The van der Waals surface area contributed by atoms with Crippen LogP contribution in [0.15, 0.2) is 73.3 Å². The van der Waals surface area contributed by atoms with Crippen molar-refractivity contribution in [2.75, 3.05) is 64.5 Å². The highest BCUT2D eigenvalue weighted by Gasteiger charge is 2.62. The topological polar surface area (TPSA) is 349 Å². The second-order valence-corrected chi connectivity index (χ2v) is 34.5. The lowest BCUT2D eigenvalue weighted by atomic mass is 9.77. The van der Waals surface area contributed by atoms with Gasteiger partial charge < -0.3 is 58.8 Å². The van der Waals surface area contributed by atoms with Crippen LogP contribution < -0.4 is 20.7 Å². The van der Waals surface area contributed by atoms with Gasteiger partial charge in [-0.1, -0.05) is 120 Å². The number of ether oxygens (including phenoxy) is 5. The van der Waals surface area contributed by atoms with Crippen LogP contribution in [0.5, 0.6) is 0 Å². The van der Waals surface area contributed by atoms with Crippen molar-refractivity contribution in [2.45, 2.75) is 241 Å². The number of anilines is 2. The molecule has 0 radical (unpaired) electrons. The van der Waals surface area contributed by atoms with E-state index < -0.39 is 132 Å². The fourth-order valence-corrected chi connectivity index (χ4v) is 16.0. The van der Waals surface area contributed by atoms with E-state index in [9.17, 15) is 66.0 Å². The number of sulfonamides is 1. The molecule has 10 rings (SSSR count). The Kier molecular flexibility index (Phi) is 31.3. The van der Waals surface area contributed by atoms with Gasteiger partial charge in [0.1, 0.15) is 36.4 Å². The minimum absolute atomic E-state index is 0. The number of ketones is 1. The molecule has 0 bridgehead atoms. The molecular weight excluding hydrogens is 1410 g/mol. The first-order valence-electron chi connectivity index (χ1n) is 37.3. The minimum Gasteiger partial charge on any atom is -0.467 e. The predicted octanol–water partition coefficient (Wildman–Crippen LogP) is 10.1. The molecule has 5 aliphatic carbocycles. The Morgan fingerprint density at radius 1 is 0.537 bits per heavy atom. The maximum absolute atomic E-state index is 14.3. The van der Waals surface area contributed by atoms with Gasteiger partial charge >= 0.3 is 41.9 Å². The van der Waals surface area contributed by atoms with Crippen LogP contribution in [0.25, 0.3) is 0 Å². The molecule has 0 unspecified atom stereocenters. The van der Waals surface area contributed by atoms with E-state index >= 15 is 0 Å². The maximum atomic E-state index is 14.3. The number of methoxy groups -OCH3 is 2. The van der Waals surface area contributed by atoms with Crippen molar-refractivity contribution in [3.8, 4) is 0 Å². The van der Waals surface area contributed by atoms with Gasteiger partial charge in [-0.15, -0.1) is 6.58 Å². The summed E-state index contributed by atoms with van der Waals surface area (Å²) in [5, 5.41) is 7.98. The average molecular weight is 1530 g/mol. The van der Waals surface area contributed by atoms with Gasteiger partial charge in [-0.25, -0.2) is 27.6 Å². The van der Waals surface area contributed by atoms with Gasteiger partial charge in [-0.2, -0.15) is 0 Å². The van der Waals surface area contributed by atoms with Gasteiger partial charge in [0.25, 0.3) is 0 Å². The number of rotatable bonds is 23. The summed E-state index contributed by atoms with van der Waals surface area (Å²) in [6.07, 6.45) is 13.2. The number of benzene rings is 2. The normalized spacial score (nSPS) is 22.4. The summed E-state index contributed by atoms with van der Waals surface area (Å²) in [7, 11) is -1.30. The van der Waals surface area contributed by atoms with Gasteiger partial charge in [0.2, 0.25) is 33.7 Å². The third-order valence-corrected chi connectivity index (χ3v) is 23.3. The van der Waals surface area contributed by atoms with Gasteiger partial charge in [-0.3, -0.25) is 48.4 Å². The Labute approximate surface area is 637 Å². The van der Waals surface area contributed by atoms with E-state index in [0.717, 1.165) is 77.0 Å². The molecule has 29 heteroatoms. The Balaban J connectivity index is 0.000000264. The minimum atomic E-state index is -3.85. The van der Waals surface area contributed by atoms with Crippen LogP contribution in [0.4, 0.5) is 21.0 Å². The van der Waals surface area contributed by atoms with Gasteiger partial charge in [0.15, 0.2) is 5.78 Å². The van der Waals surface area contributed by atoms with Crippen LogP contribution in [0.3, 0.4) is 0 Å². The lowest BCUT2D eigenvalue weighted by Crippen LogP contribution is -2.49. The van der Waals surface area contributed by atoms with Crippen LogP contribution >= 0.6 is 0 Å². The van der Waals surface area contributed by atoms with Crippen LogP contribution in [0.2, 0.25) is 0 Å². The van der Waals surface area contributed by atoms with Crippen molar-refractivity contribution in [1.29, 1.82) is 0 Å². The van der Waals surface area contributed by atoms with E-state index in [4.69, 9.17) is 23.7 Å². The molecule has 108 heavy (non-hydrogen) atoms. The molecule has 28 nitrogen and oxygen atoms in total. The maximum Gasteiger partial charge on any atom is 0.330 e. The summed E-state index contributed by atoms with van der Waals surface area (Å²) >= 11 is 0. The summed E-state index contributed by atoms with van der Waals surface area (Å²) in [4.78, 5) is 164. The molecular formula is C79H119N9O19S. The number of urea groups is 2. The van der Waals surface area contributed by atoms with E-state index in [1.807, 2.05) is 68.4 Å². The van der Waals surface area contributed by atoms with Crippen LogP contribution in [0, 0.1) is 45.3 Å². The second-order valence-electron chi connectivity index (χ2n) is 32.5. The van der Waals surface area contributed by atoms with E-state index in [-0.39, 0.29) is 116 Å². The Bertz CT molecular complexity index is 3610. The molecule has 0 aromatic heterocycles. The van der Waals surface area contributed by atoms with Crippen LogP contribution in [-0.2, 0) is 81.7 Å². The number of para-hydroxylation sites is 2. The highest BCUT2D eigenvalue weighted by molar-refractivity contribution is 7.91. The smallest absolute Gasteiger partial charge is 0.330 e. The molecule has 600 valence electrons. The molecule has 8 amide bonds. The number of allylic oxidation sites excluding steroid dienone is 1. The average Bonchev–Trinajstić information content (AvgIpc) is 1.57. The molecule has 8 atom stereocenters. The lowest BCUT2D eigenvalue weighted by Gasteiger charge is -2.34. The Morgan fingerprint density at radius 3 is 1.25 bits per heavy atom. The third-order valence-electron chi connectivity index (χ3n) is 21.5. The molecule has 3 saturated heterocycles. The molecule has 0 spiro atoms. The number of carbonyl (C=O) groups excluding carboxylic acids is 12. The van der Waals surface area contributed by atoms with Gasteiger partial charge in [0, 0.05) is 24.3 Å². The Morgan fingerprint density at radius 2 is 0.898 bits per heavy atom. The zero-order valence-electron chi connectivity index (χ0n) is 63.5. The highest BCUT2D eigenvalue weighted by Crippen LogP contribution is 2.57. The van der Waals surface area contributed by atoms with E-state index in [1.165, 1.54) is 38.7 Å². The number of amides is 8. The largest absolute Gasteiger partial charge is 0.467 e. The second kappa shape index (κ2) is 38.3. The third kappa shape index (κ3) is 23.5. The lowest BCUT2D eigenvalue weighted by molar-refractivity contribution is -0.158. The zero-order chi connectivity index (χ0) is 77.6. The molecule has 5 saturated carbocycles. The SMILES string of the molecule is C.C.C=C[C@@H]1C[C@]1(CC(=O)[C@@H]1CN(C(=O)Nc2ccccc2)CN1C(=O)[C@@H](CC(=O)OC1CCCC1)C(C)(C)C)C(=O)NS(=O)(=O)C1CC1.COC(=O)[C@@H]1CN(C(=O)Nc2ccccc2)CN1C(=O)[C@@H](CC(=O)OC1CCCC1)C(C)(C)C.COC(=O)[C@@H]1CNCN1C(=O)[C@@H](CC(=O)OC1CCCC1)C(C)(C)C. The Hall–Kier alpha value is -8.47. The predicted molar refractivity (Wildman–Crippen MR) is 405 cm³/mol. The number of Topliss-reactive ketones (excluding diaryl/α,β-unsaturated/α-hetero) is 1. The number of carbonyl (C=O) groups is 12. The summed E-state index contributed by atoms with van der Waals surface area (Å²) in [5.74, 6) is -7.10. The number of hydrogen-bond acceptors (Lipinski definition) is 20.